The van der Waals surface area contributed by atoms with Crippen LogP contribution in [0.3, 0.4) is 0 Å². The Morgan fingerprint density at radius 2 is 1.50 bits per heavy atom. The molecule has 0 aliphatic heterocycles. The average molecular weight is 334 g/mol. The zero-order valence-corrected chi connectivity index (χ0v) is 15.7. The van der Waals surface area contributed by atoms with E-state index in [1.165, 1.54) is 0 Å². The molecule has 5 nitrogen and oxygen atoms in total. The van der Waals surface area contributed by atoms with Crippen molar-refractivity contribution in [3.63, 3.8) is 0 Å². The SMILES string of the molecule is Cc1ccc(C)c(OCC(=O)NCCNC(=O)CC(C)(C)C)c1C. The molecular weight excluding hydrogens is 304 g/mol. The quantitative estimate of drug-likeness (QED) is 0.753. The number of rotatable bonds is 7. The maximum absolute atomic E-state index is 11.8. The van der Waals surface area contributed by atoms with Gasteiger partial charge in [-0.05, 0) is 42.9 Å². The van der Waals surface area contributed by atoms with Gasteiger partial charge < -0.3 is 15.4 Å². The van der Waals surface area contributed by atoms with E-state index < -0.39 is 0 Å². The van der Waals surface area contributed by atoms with Gasteiger partial charge in [0.25, 0.3) is 5.91 Å². The van der Waals surface area contributed by atoms with Crippen LogP contribution in [0.2, 0.25) is 0 Å². The van der Waals surface area contributed by atoms with Gasteiger partial charge in [-0.1, -0.05) is 32.9 Å². The van der Waals surface area contributed by atoms with Crippen LogP contribution in [-0.4, -0.2) is 31.5 Å². The second-order valence-electron chi connectivity index (χ2n) is 7.38. The Bertz CT molecular complexity index is 589. The monoisotopic (exact) mass is 334 g/mol. The van der Waals surface area contributed by atoms with Crippen molar-refractivity contribution < 1.29 is 14.3 Å². The molecule has 0 radical (unpaired) electrons. The van der Waals surface area contributed by atoms with Gasteiger partial charge in [0.2, 0.25) is 5.91 Å². The summed E-state index contributed by atoms with van der Waals surface area (Å²) in [7, 11) is 0. The molecule has 0 atom stereocenters. The summed E-state index contributed by atoms with van der Waals surface area (Å²) in [4.78, 5) is 23.5. The predicted molar refractivity (Wildman–Crippen MR) is 96.2 cm³/mol. The third-order valence-electron chi connectivity index (χ3n) is 3.68. The van der Waals surface area contributed by atoms with E-state index in [0.717, 1.165) is 22.4 Å². The van der Waals surface area contributed by atoms with Crippen molar-refractivity contribution in [2.45, 2.75) is 48.0 Å². The van der Waals surface area contributed by atoms with Crippen LogP contribution in [0.5, 0.6) is 5.75 Å². The normalized spacial score (nSPS) is 11.1. The first-order valence-electron chi connectivity index (χ1n) is 8.33. The Kier molecular flexibility index (Phi) is 7.26. The fourth-order valence-electron chi connectivity index (χ4n) is 2.28. The molecule has 134 valence electrons. The summed E-state index contributed by atoms with van der Waals surface area (Å²) < 4.78 is 5.65. The van der Waals surface area contributed by atoms with Crippen LogP contribution in [0.4, 0.5) is 0 Å². The maximum atomic E-state index is 11.8. The molecule has 0 spiro atoms. The summed E-state index contributed by atoms with van der Waals surface area (Å²) in [6.45, 7) is 12.8. The van der Waals surface area contributed by atoms with Crippen LogP contribution in [0, 0.1) is 26.2 Å². The van der Waals surface area contributed by atoms with Crippen molar-refractivity contribution in [1.82, 2.24) is 10.6 Å². The number of hydrogen-bond acceptors (Lipinski definition) is 3. The molecule has 24 heavy (non-hydrogen) atoms. The molecule has 5 heteroatoms. The highest BCUT2D eigenvalue weighted by molar-refractivity contribution is 5.78. The number of carbonyl (C=O) groups is 2. The minimum absolute atomic E-state index is 0.000917. The summed E-state index contributed by atoms with van der Waals surface area (Å²) >= 11 is 0. The fourth-order valence-corrected chi connectivity index (χ4v) is 2.28. The summed E-state index contributed by atoms with van der Waals surface area (Å²) in [6.07, 6.45) is 0.468. The number of carbonyl (C=O) groups excluding carboxylic acids is 2. The lowest BCUT2D eigenvalue weighted by Gasteiger charge is -2.17. The lowest BCUT2D eigenvalue weighted by molar-refractivity contribution is -0.124. The van der Waals surface area contributed by atoms with Crippen molar-refractivity contribution in [2.75, 3.05) is 19.7 Å². The molecule has 1 aromatic carbocycles. The van der Waals surface area contributed by atoms with E-state index in [1.54, 1.807) is 0 Å². The van der Waals surface area contributed by atoms with E-state index in [1.807, 2.05) is 53.7 Å². The van der Waals surface area contributed by atoms with E-state index in [9.17, 15) is 9.59 Å². The zero-order chi connectivity index (χ0) is 18.3. The zero-order valence-electron chi connectivity index (χ0n) is 15.7. The number of amides is 2. The Morgan fingerprint density at radius 1 is 0.958 bits per heavy atom. The molecule has 0 aromatic heterocycles. The van der Waals surface area contributed by atoms with E-state index in [0.29, 0.717) is 19.5 Å². The summed E-state index contributed by atoms with van der Waals surface area (Å²) in [6, 6.07) is 4.03. The molecule has 0 aliphatic rings. The van der Waals surface area contributed by atoms with Crippen molar-refractivity contribution >= 4 is 11.8 Å². The van der Waals surface area contributed by atoms with Crippen LogP contribution in [-0.2, 0) is 9.59 Å². The van der Waals surface area contributed by atoms with Crippen LogP contribution in [0.25, 0.3) is 0 Å². The van der Waals surface area contributed by atoms with Gasteiger partial charge in [-0.15, -0.1) is 0 Å². The van der Waals surface area contributed by atoms with E-state index in [2.05, 4.69) is 10.6 Å². The third kappa shape index (κ3) is 7.02. The number of ether oxygens (including phenoxy) is 1. The largest absolute Gasteiger partial charge is 0.483 e. The lowest BCUT2D eigenvalue weighted by atomic mass is 9.92. The maximum Gasteiger partial charge on any atom is 0.258 e. The average Bonchev–Trinajstić information content (AvgIpc) is 2.46. The molecule has 0 heterocycles. The number of hydrogen-bond donors (Lipinski definition) is 2. The van der Waals surface area contributed by atoms with Gasteiger partial charge in [0.05, 0.1) is 0 Å². The summed E-state index contributed by atoms with van der Waals surface area (Å²) in [5, 5.41) is 5.55. The Hall–Kier alpha value is -2.04. The Balaban J connectivity index is 2.31. The van der Waals surface area contributed by atoms with E-state index in [-0.39, 0.29) is 23.8 Å². The molecule has 1 rings (SSSR count). The fraction of sp³-hybridized carbons (Fsp3) is 0.579. The summed E-state index contributed by atoms with van der Waals surface area (Å²) in [5.74, 6) is 0.572. The molecule has 0 unspecified atom stereocenters. The topological polar surface area (TPSA) is 67.4 Å². The predicted octanol–water partition coefficient (Wildman–Crippen LogP) is 2.66. The van der Waals surface area contributed by atoms with Crippen LogP contribution < -0.4 is 15.4 Å². The van der Waals surface area contributed by atoms with E-state index in [4.69, 9.17) is 4.74 Å². The molecule has 0 aliphatic carbocycles. The second kappa shape index (κ2) is 8.71. The molecule has 0 fully saturated rings. The van der Waals surface area contributed by atoms with Crippen LogP contribution in [0.15, 0.2) is 12.1 Å². The van der Waals surface area contributed by atoms with Crippen molar-refractivity contribution in [3.8, 4) is 5.75 Å². The Morgan fingerprint density at radius 3 is 2.08 bits per heavy atom. The highest BCUT2D eigenvalue weighted by Crippen LogP contribution is 2.25. The molecule has 2 N–H and O–H groups in total. The van der Waals surface area contributed by atoms with Gasteiger partial charge in [-0.3, -0.25) is 9.59 Å². The van der Waals surface area contributed by atoms with Gasteiger partial charge >= 0.3 is 0 Å². The van der Waals surface area contributed by atoms with Gasteiger partial charge in [-0.2, -0.15) is 0 Å². The number of aryl methyl sites for hydroxylation is 2. The smallest absolute Gasteiger partial charge is 0.258 e. The first kappa shape index (κ1) is 20.0. The Labute approximate surface area is 145 Å². The number of benzene rings is 1. The highest BCUT2D eigenvalue weighted by atomic mass is 16.5. The van der Waals surface area contributed by atoms with Crippen LogP contribution >= 0.6 is 0 Å². The van der Waals surface area contributed by atoms with Crippen molar-refractivity contribution in [3.05, 3.63) is 28.8 Å². The number of nitrogens with one attached hydrogen (secondary N) is 2. The molecule has 0 saturated heterocycles. The highest BCUT2D eigenvalue weighted by Gasteiger charge is 2.15. The van der Waals surface area contributed by atoms with Gasteiger partial charge in [0.1, 0.15) is 5.75 Å². The van der Waals surface area contributed by atoms with Gasteiger partial charge in [0.15, 0.2) is 6.61 Å². The first-order valence-corrected chi connectivity index (χ1v) is 8.33. The standard InChI is InChI=1S/C19H30N2O3/c1-13-7-8-14(2)18(15(13)3)24-12-17(23)21-10-9-20-16(22)11-19(4,5)6/h7-8H,9-12H2,1-6H3,(H,20,22)(H,21,23). The minimum Gasteiger partial charge on any atom is -0.483 e. The molecular formula is C19H30N2O3. The molecule has 0 bridgehead atoms. The van der Waals surface area contributed by atoms with Crippen molar-refractivity contribution in [1.29, 1.82) is 0 Å². The third-order valence-corrected chi connectivity index (χ3v) is 3.68. The first-order chi connectivity index (χ1) is 11.1. The van der Waals surface area contributed by atoms with Gasteiger partial charge in [-0.25, -0.2) is 0 Å². The second-order valence-corrected chi connectivity index (χ2v) is 7.38. The lowest BCUT2D eigenvalue weighted by Crippen LogP contribution is -2.37. The van der Waals surface area contributed by atoms with Gasteiger partial charge in [0, 0.05) is 19.5 Å². The van der Waals surface area contributed by atoms with E-state index >= 15 is 0 Å². The van der Waals surface area contributed by atoms with Crippen molar-refractivity contribution in [2.24, 2.45) is 5.41 Å². The molecule has 1 aromatic rings. The molecule has 2 amide bonds. The minimum atomic E-state index is -0.194. The van der Waals surface area contributed by atoms with Crippen LogP contribution in [0.1, 0.15) is 43.9 Å². The summed E-state index contributed by atoms with van der Waals surface area (Å²) in [5.41, 5.74) is 3.17. The molecule has 0 saturated carbocycles.